The molecule has 136 valence electrons. The highest BCUT2D eigenvalue weighted by molar-refractivity contribution is 6.04. The molecule has 0 saturated heterocycles. The van der Waals surface area contributed by atoms with Crippen molar-refractivity contribution in [3.63, 3.8) is 0 Å². The van der Waals surface area contributed by atoms with Crippen LogP contribution < -0.4 is 14.8 Å². The fraction of sp³-hybridized carbons (Fsp3) is 0.0909. The smallest absolute Gasteiger partial charge is 0.255 e. The lowest BCUT2D eigenvalue weighted by atomic mass is 10.1. The van der Waals surface area contributed by atoms with Gasteiger partial charge < -0.3 is 14.8 Å². The Balaban J connectivity index is 1.63. The highest BCUT2D eigenvalue weighted by atomic mass is 16.5. The minimum absolute atomic E-state index is 0.0136. The van der Waals surface area contributed by atoms with E-state index < -0.39 is 0 Å². The van der Waals surface area contributed by atoms with Crippen LogP contribution >= 0.6 is 0 Å². The summed E-state index contributed by atoms with van der Waals surface area (Å²) in [6, 6.07) is 20.9. The number of hydrogen-bond donors (Lipinski definition) is 1. The Labute approximate surface area is 157 Å². The van der Waals surface area contributed by atoms with Crippen LogP contribution in [0.2, 0.25) is 0 Å². The van der Waals surface area contributed by atoms with Gasteiger partial charge in [-0.2, -0.15) is 0 Å². The predicted octanol–water partition coefficient (Wildman–Crippen LogP) is 4.94. The molecule has 0 atom stereocenters. The highest BCUT2D eigenvalue weighted by Gasteiger charge is 2.07. The monoisotopic (exact) mass is 361 g/mol. The molecule has 1 amide bonds. The van der Waals surface area contributed by atoms with Crippen LogP contribution in [0.25, 0.3) is 0 Å². The number of hydrogen-bond acceptors (Lipinski definition) is 4. The Morgan fingerprint density at radius 1 is 0.704 bits per heavy atom. The van der Waals surface area contributed by atoms with Gasteiger partial charge in [0.1, 0.15) is 17.2 Å². The maximum absolute atomic E-state index is 12.3. The summed E-state index contributed by atoms with van der Waals surface area (Å²) in [4.78, 5) is 23.6. The zero-order chi connectivity index (χ0) is 19.2. The molecule has 0 aromatic heterocycles. The molecule has 27 heavy (non-hydrogen) atoms. The minimum Gasteiger partial charge on any atom is -0.497 e. The molecule has 3 aromatic carbocycles. The van der Waals surface area contributed by atoms with Crippen molar-refractivity contribution in [2.75, 3.05) is 12.4 Å². The van der Waals surface area contributed by atoms with Crippen molar-refractivity contribution in [2.24, 2.45) is 0 Å². The van der Waals surface area contributed by atoms with E-state index in [1.807, 2.05) is 24.3 Å². The van der Waals surface area contributed by atoms with Crippen LogP contribution in [0, 0.1) is 0 Å². The number of carbonyl (C=O) groups is 2. The van der Waals surface area contributed by atoms with E-state index in [2.05, 4.69) is 5.32 Å². The van der Waals surface area contributed by atoms with Gasteiger partial charge in [0.05, 0.1) is 7.11 Å². The van der Waals surface area contributed by atoms with E-state index in [0.717, 1.165) is 5.75 Å². The molecule has 0 unspecified atom stereocenters. The van der Waals surface area contributed by atoms with Crippen LogP contribution in [0.1, 0.15) is 27.6 Å². The zero-order valence-electron chi connectivity index (χ0n) is 15.1. The summed E-state index contributed by atoms with van der Waals surface area (Å²) in [5.41, 5.74) is 1.74. The predicted molar refractivity (Wildman–Crippen MR) is 104 cm³/mol. The average molecular weight is 361 g/mol. The number of benzene rings is 3. The molecule has 0 aliphatic rings. The van der Waals surface area contributed by atoms with Crippen LogP contribution in [-0.4, -0.2) is 18.8 Å². The van der Waals surface area contributed by atoms with Gasteiger partial charge in [0.25, 0.3) is 5.91 Å². The SMILES string of the molecule is COc1ccc(Oc2ccc(C(=O)Nc3ccc(C(C)=O)cc3)cc2)cc1. The molecule has 3 aromatic rings. The Morgan fingerprint density at radius 2 is 1.19 bits per heavy atom. The molecule has 5 nitrogen and oxygen atoms in total. The standard InChI is InChI=1S/C22H19NO4/c1-15(24)16-3-7-18(8-4-16)23-22(25)17-5-9-20(10-6-17)27-21-13-11-19(26-2)12-14-21/h3-14H,1-2H3,(H,23,25). The summed E-state index contributed by atoms with van der Waals surface area (Å²) in [5.74, 6) is 1.81. The molecule has 0 spiro atoms. The molecule has 0 aliphatic heterocycles. The number of nitrogens with one attached hydrogen (secondary N) is 1. The van der Waals surface area contributed by atoms with E-state index in [-0.39, 0.29) is 11.7 Å². The van der Waals surface area contributed by atoms with Crippen molar-refractivity contribution in [1.29, 1.82) is 0 Å². The lowest BCUT2D eigenvalue weighted by molar-refractivity contribution is 0.101. The summed E-state index contributed by atoms with van der Waals surface area (Å²) < 4.78 is 10.9. The molecule has 0 radical (unpaired) electrons. The van der Waals surface area contributed by atoms with Gasteiger partial charge in [-0.25, -0.2) is 0 Å². The van der Waals surface area contributed by atoms with Crippen LogP contribution in [0.4, 0.5) is 5.69 Å². The average Bonchev–Trinajstić information content (AvgIpc) is 2.69. The molecule has 5 heteroatoms. The Morgan fingerprint density at radius 3 is 1.70 bits per heavy atom. The van der Waals surface area contributed by atoms with Crippen molar-refractivity contribution >= 4 is 17.4 Å². The second-order valence-electron chi connectivity index (χ2n) is 5.89. The third-order valence-corrected chi connectivity index (χ3v) is 3.96. The number of ketones is 1. The number of Topliss-reactive ketones (excluding diaryl/α,β-unsaturated/α-hetero) is 1. The van der Waals surface area contributed by atoms with Gasteiger partial charge in [-0.3, -0.25) is 9.59 Å². The second-order valence-corrected chi connectivity index (χ2v) is 5.89. The second kappa shape index (κ2) is 8.19. The minimum atomic E-state index is -0.235. The maximum Gasteiger partial charge on any atom is 0.255 e. The molecule has 0 saturated carbocycles. The Kier molecular flexibility index (Phi) is 5.52. The van der Waals surface area contributed by atoms with Gasteiger partial charge in [-0.15, -0.1) is 0 Å². The number of carbonyl (C=O) groups excluding carboxylic acids is 2. The molecular formula is C22H19NO4. The van der Waals surface area contributed by atoms with E-state index in [1.165, 1.54) is 6.92 Å². The fourth-order valence-electron chi connectivity index (χ4n) is 2.45. The molecule has 0 aliphatic carbocycles. The zero-order valence-corrected chi connectivity index (χ0v) is 15.1. The van der Waals surface area contributed by atoms with Crippen LogP contribution in [0.5, 0.6) is 17.2 Å². The molecular weight excluding hydrogens is 342 g/mol. The lowest BCUT2D eigenvalue weighted by Crippen LogP contribution is -2.11. The Hall–Kier alpha value is -3.60. The van der Waals surface area contributed by atoms with Crippen LogP contribution in [0.3, 0.4) is 0 Å². The summed E-state index contributed by atoms with van der Waals surface area (Å²) in [7, 11) is 1.61. The summed E-state index contributed by atoms with van der Waals surface area (Å²) in [6.07, 6.45) is 0. The van der Waals surface area contributed by atoms with Gasteiger partial charge in [0, 0.05) is 16.8 Å². The molecule has 0 bridgehead atoms. The lowest BCUT2D eigenvalue weighted by Gasteiger charge is -2.08. The molecule has 3 rings (SSSR count). The largest absolute Gasteiger partial charge is 0.497 e. The summed E-state index contributed by atoms with van der Waals surface area (Å²) >= 11 is 0. The first kappa shape index (κ1) is 18.2. The quantitative estimate of drug-likeness (QED) is 0.632. The first-order chi connectivity index (χ1) is 13.0. The highest BCUT2D eigenvalue weighted by Crippen LogP contribution is 2.24. The molecule has 0 heterocycles. The van der Waals surface area contributed by atoms with Gasteiger partial charge in [-0.05, 0) is 79.7 Å². The van der Waals surface area contributed by atoms with E-state index in [1.54, 1.807) is 55.6 Å². The van der Waals surface area contributed by atoms with Crippen molar-refractivity contribution in [1.82, 2.24) is 0 Å². The van der Waals surface area contributed by atoms with Gasteiger partial charge >= 0.3 is 0 Å². The van der Waals surface area contributed by atoms with Gasteiger partial charge in [0.2, 0.25) is 0 Å². The van der Waals surface area contributed by atoms with E-state index in [0.29, 0.717) is 28.3 Å². The first-order valence-corrected chi connectivity index (χ1v) is 8.39. The number of methoxy groups -OCH3 is 1. The van der Waals surface area contributed by atoms with E-state index in [9.17, 15) is 9.59 Å². The van der Waals surface area contributed by atoms with E-state index in [4.69, 9.17) is 9.47 Å². The van der Waals surface area contributed by atoms with Crippen molar-refractivity contribution in [3.05, 3.63) is 83.9 Å². The van der Waals surface area contributed by atoms with E-state index >= 15 is 0 Å². The number of amides is 1. The summed E-state index contributed by atoms with van der Waals surface area (Å²) in [5, 5.41) is 2.80. The third kappa shape index (κ3) is 4.73. The van der Waals surface area contributed by atoms with Crippen molar-refractivity contribution in [2.45, 2.75) is 6.92 Å². The topological polar surface area (TPSA) is 64.6 Å². The van der Waals surface area contributed by atoms with Gasteiger partial charge in [-0.1, -0.05) is 0 Å². The van der Waals surface area contributed by atoms with Gasteiger partial charge in [0.15, 0.2) is 5.78 Å². The Bertz CT molecular complexity index is 930. The van der Waals surface area contributed by atoms with Crippen LogP contribution in [-0.2, 0) is 0 Å². The number of anilines is 1. The summed E-state index contributed by atoms with van der Waals surface area (Å²) in [6.45, 7) is 1.50. The first-order valence-electron chi connectivity index (χ1n) is 8.39. The maximum atomic E-state index is 12.3. The van der Waals surface area contributed by atoms with Crippen LogP contribution in [0.15, 0.2) is 72.8 Å². The molecule has 0 fully saturated rings. The normalized spacial score (nSPS) is 10.1. The fourth-order valence-corrected chi connectivity index (χ4v) is 2.45. The number of ether oxygens (including phenoxy) is 2. The van der Waals surface area contributed by atoms with Crippen molar-refractivity contribution < 1.29 is 19.1 Å². The number of rotatable bonds is 6. The third-order valence-electron chi connectivity index (χ3n) is 3.96. The van der Waals surface area contributed by atoms with Crippen molar-refractivity contribution in [3.8, 4) is 17.2 Å². The molecule has 1 N–H and O–H groups in total.